The molecule has 0 radical (unpaired) electrons. The zero-order valence-electron chi connectivity index (χ0n) is 16.9. The number of halogens is 1. The Labute approximate surface area is 184 Å². The molecule has 0 aromatic heterocycles. The van der Waals surface area contributed by atoms with Gasteiger partial charge < -0.3 is 15.4 Å². The molecule has 2 aromatic rings. The summed E-state index contributed by atoms with van der Waals surface area (Å²) in [5.41, 5.74) is 7.45. The van der Waals surface area contributed by atoms with Gasteiger partial charge in [-0.15, -0.1) is 0 Å². The number of carbonyl (C=O) groups is 4. The monoisotopic (exact) mass is 443 g/mol. The number of ether oxygens (including phenoxy) is 1. The van der Waals surface area contributed by atoms with Crippen LogP contribution >= 0.6 is 11.6 Å². The molecule has 2 heterocycles. The Hall–Kier alpha value is -3.39. The maximum Gasteiger partial charge on any atom is 0.255 e. The molecule has 4 amide bonds. The third-order valence-electron chi connectivity index (χ3n) is 5.14. The summed E-state index contributed by atoms with van der Waals surface area (Å²) in [5.74, 6) is -0.226. The number of hydrogen-bond acceptors (Lipinski definition) is 5. The molecule has 2 aliphatic heterocycles. The highest BCUT2D eigenvalue weighted by Gasteiger charge is 2.39. The van der Waals surface area contributed by atoms with Gasteiger partial charge in [-0.25, -0.2) is 0 Å². The molecule has 1 fully saturated rings. The number of nitrogens with zero attached hydrogens (tertiary/aromatic N) is 1. The number of benzene rings is 2. The van der Waals surface area contributed by atoms with Gasteiger partial charge in [-0.2, -0.15) is 0 Å². The predicted molar refractivity (Wildman–Crippen MR) is 113 cm³/mol. The first-order chi connectivity index (χ1) is 14.8. The van der Waals surface area contributed by atoms with Crippen molar-refractivity contribution in [2.75, 3.05) is 0 Å². The van der Waals surface area contributed by atoms with Gasteiger partial charge in [0.1, 0.15) is 18.4 Å². The van der Waals surface area contributed by atoms with Gasteiger partial charge in [0.15, 0.2) is 0 Å². The van der Waals surface area contributed by atoms with E-state index in [1.54, 1.807) is 12.1 Å². The lowest BCUT2D eigenvalue weighted by Crippen LogP contribution is -2.52. The third kappa shape index (κ3) is 5.03. The SMILES string of the molecule is Cc1ccc(OCc2ccc3c(c2)C(=O)N(C2CCC(=O)NC2=O)C3)cc1Cl.NC=O. The summed E-state index contributed by atoms with van der Waals surface area (Å²) >= 11 is 6.12. The zero-order valence-corrected chi connectivity index (χ0v) is 17.6. The number of primary amides is 1. The summed E-state index contributed by atoms with van der Waals surface area (Å²) in [7, 11) is 0. The van der Waals surface area contributed by atoms with Crippen LogP contribution in [0.5, 0.6) is 5.75 Å². The first kappa shape index (κ1) is 22.3. The van der Waals surface area contributed by atoms with E-state index in [0.717, 1.165) is 16.7 Å². The molecule has 2 aromatic carbocycles. The van der Waals surface area contributed by atoms with E-state index in [9.17, 15) is 14.4 Å². The van der Waals surface area contributed by atoms with Crippen molar-refractivity contribution in [1.29, 1.82) is 0 Å². The number of nitrogens with one attached hydrogen (secondary N) is 1. The molecular formula is C22H22ClN3O5. The number of imide groups is 1. The molecule has 0 bridgehead atoms. The maximum absolute atomic E-state index is 12.8. The second kappa shape index (κ2) is 9.61. The number of aryl methyl sites for hydroxylation is 1. The van der Waals surface area contributed by atoms with Gasteiger partial charge in [-0.05, 0) is 48.2 Å². The number of amides is 4. The van der Waals surface area contributed by atoms with Crippen molar-refractivity contribution < 1.29 is 23.9 Å². The van der Waals surface area contributed by atoms with Crippen molar-refractivity contribution in [3.8, 4) is 5.75 Å². The summed E-state index contributed by atoms with van der Waals surface area (Å²) in [6.45, 7) is 2.60. The van der Waals surface area contributed by atoms with Gasteiger partial charge in [0.25, 0.3) is 5.91 Å². The topological polar surface area (TPSA) is 119 Å². The smallest absolute Gasteiger partial charge is 0.255 e. The van der Waals surface area contributed by atoms with Crippen molar-refractivity contribution in [3.05, 3.63) is 63.7 Å². The Bertz CT molecular complexity index is 1040. The molecule has 1 saturated heterocycles. The van der Waals surface area contributed by atoms with Crippen molar-refractivity contribution in [2.45, 2.75) is 39.0 Å². The molecule has 162 valence electrons. The minimum Gasteiger partial charge on any atom is -0.489 e. The van der Waals surface area contributed by atoms with Crippen LogP contribution in [-0.2, 0) is 27.5 Å². The van der Waals surface area contributed by atoms with Crippen molar-refractivity contribution in [2.24, 2.45) is 5.73 Å². The zero-order chi connectivity index (χ0) is 22.5. The average Bonchev–Trinajstić information content (AvgIpc) is 3.05. The molecule has 4 rings (SSSR count). The minimum absolute atomic E-state index is 0.190. The molecule has 3 N–H and O–H groups in total. The van der Waals surface area contributed by atoms with Crippen LogP contribution in [0.1, 0.15) is 39.9 Å². The maximum atomic E-state index is 12.8. The Morgan fingerprint density at radius 2 is 1.97 bits per heavy atom. The molecule has 8 nitrogen and oxygen atoms in total. The lowest BCUT2D eigenvalue weighted by molar-refractivity contribution is -0.136. The van der Waals surface area contributed by atoms with E-state index in [-0.39, 0.29) is 24.6 Å². The van der Waals surface area contributed by atoms with Crippen LogP contribution < -0.4 is 15.8 Å². The van der Waals surface area contributed by atoms with Gasteiger partial charge >= 0.3 is 0 Å². The van der Waals surface area contributed by atoms with Crippen LogP contribution in [0.2, 0.25) is 5.02 Å². The van der Waals surface area contributed by atoms with Crippen LogP contribution in [0.3, 0.4) is 0 Å². The van der Waals surface area contributed by atoms with Crippen molar-refractivity contribution in [1.82, 2.24) is 10.2 Å². The summed E-state index contributed by atoms with van der Waals surface area (Å²) in [6, 6.07) is 10.5. The van der Waals surface area contributed by atoms with E-state index in [1.807, 2.05) is 31.2 Å². The number of nitrogens with two attached hydrogens (primary N) is 1. The second-order valence-corrected chi connectivity index (χ2v) is 7.63. The summed E-state index contributed by atoms with van der Waals surface area (Å²) in [6.07, 6.45) is 0.850. The number of hydrogen-bond donors (Lipinski definition) is 2. The highest BCUT2D eigenvalue weighted by molar-refractivity contribution is 6.31. The van der Waals surface area contributed by atoms with Crippen LogP contribution in [0.15, 0.2) is 36.4 Å². The predicted octanol–water partition coefficient (Wildman–Crippen LogP) is 2.09. The van der Waals surface area contributed by atoms with Gasteiger partial charge in [0, 0.05) is 23.6 Å². The third-order valence-corrected chi connectivity index (χ3v) is 5.55. The van der Waals surface area contributed by atoms with Crippen molar-refractivity contribution >= 4 is 35.7 Å². The van der Waals surface area contributed by atoms with E-state index < -0.39 is 11.9 Å². The first-order valence-electron chi connectivity index (χ1n) is 9.64. The van der Waals surface area contributed by atoms with E-state index >= 15 is 0 Å². The largest absolute Gasteiger partial charge is 0.489 e. The molecule has 31 heavy (non-hydrogen) atoms. The van der Waals surface area contributed by atoms with Crippen molar-refractivity contribution in [3.63, 3.8) is 0 Å². The fraction of sp³-hybridized carbons (Fsp3) is 0.273. The molecule has 2 aliphatic rings. The number of carbonyl (C=O) groups excluding carboxylic acids is 4. The standard InChI is InChI=1S/C21H19ClN2O4.CH3NO/c1-12-2-5-15(9-17(12)22)28-11-13-3-4-14-10-24(21(27)16(14)8-13)18-6-7-19(25)23-20(18)26;2-1-3/h2-5,8-9,18H,6-7,10-11H2,1H3,(H,23,25,26);1H,(H2,2,3). The summed E-state index contributed by atoms with van der Waals surface area (Å²) in [4.78, 5) is 46.4. The fourth-order valence-corrected chi connectivity index (χ4v) is 3.69. The highest BCUT2D eigenvalue weighted by atomic mass is 35.5. The highest BCUT2D eigenvalue weighted by Crippen LogP contribution is 2.29. The molecular weight excluding hydrogens is 422 g/mol. The molecule has 0 saturated carbocycles. The Morgan fingerprint density at radius 1 is 1.23 bits per heavy atom. The van der Waals surface area contributed by atoms with Crippen LogP contribution in [0.25, 0.3) is 0 Å². The van der Waals surface area contributed by atoms with E-state index in [2.05, 4.69) is 11.1 Å². The van der Waals surface area contributed by atoms with E-state index in [4.69, 9.17) is 21.1 Å². The normalized spacial score (nSPS) is 17.4. The van der Waals surface area contributed by atoms with Gasteiger partial charge in [0.05, 0.1) is 0 Å². The number of rotatable bonds is 4. The van der Waals surface area contributed by atoms with Gasteiger partial charge in [0.2, 0.25) is 18.2 Å². The minimum atomic E-state index is -0.605. The van der Waals surface area contributed by atoms with E-state index in [1.165, 1.54) is 4.90 Å². The Balaban J connectivity index is 0.000000858. The molecule has 0 aliphatic carbocycles. The summed E-state index contributed by atoms with van der Waals surface area (Å²) in [5, 5.41) is 2.95. The second-order valence-electron chi connectivity index (χ2n) is 7.23. The van der Waals surface area contributed by atoms with Gasteiger partial charge in [-0.3, -0.25) is 24.5 Å². The van der Waals surface area contributed by atoms with Crippen LogP contribution in [-0.4, -0.2) is 35.1 Å². The van der Waals surface area contributed by atoms with E-state index in [0.29, 0.717) is 35.9 Å². The average molecular weight is 444 g/mol. The quantitative estimate of drug-likeness (QED) is 0.554. The lowest BCUT2D eigenvalue weighted by Gasteiger charge is -2.29. The molecule has 0 spiro atoms. The fourth-order valence-electron chi connectivity index (χ4n) is 3.52. The number of piperidine rings is 1. The lowest BCUT2D eigenvalue weighted by atomic mass is 10.0. The molecule has 1 unspecified atom stereocenters. The van der Waals surface area contributed by atoms with Crippen LogP contribution in [0, 0.1) is 6.92 Å². The summed E-state index contributed by atoms with van der Waals surface area (Å²) < 4.78 is 5.78. The molecule has 9 heteroatoms. The molecule has 1 atom stereocenters. The van der Waals surface area contributed by atoms with Crippen LogP contribution in [0.4, 0.5) is 0 Å². The first-order valence-corrected chi connectivity index (χ1v) is 10.0. The Morgan fingerprint density at radius 3 is 2.65 bits per heavy atom. The Kier molecular flexibility index (Phi) is 6.91. The van der Waals surface area contributed by atoms with Gasteiger partial charge in [-0.1, -0.05) is 29.8 Å². The number of fused-ring (bicyclic) bond motifs is 1.